The molecular weight excluding hydrogens is 660 g/mol. The second-order valence-electron chi connectivity index (χ2n) is 6.52. The van der Waals surface area contributed by atoms with Crippen molar-refractivity contribution in [3.63, 3.8) is 0 Å². The molecule has 3 rings (SSSR count). The van der Waals surface area contributed by atoms with Crippen LogP contribution in [0.4, 0.5) is 4.79 Å². The van der Waals surface area contributed by atoms with Gasteiger partial charge < -0.3 is 14.2 Å². The fourth-order valence-electron chi connectivity index (χ4n) is 2.82. The number of carbonyl (C=O) groups excluding carboxylic acids is 3. The van der Waals surface area contributed by atoms with Gasteiger partial charge in [0.15, 0.2) is 11.5 Å². The number of esters is 1. The van der Waals surface area contributed by atoms with Crippen LogP contribution in [0, 0.1) is 7.14 Å². The van der Waals surface area contributed by atoms with Gasteiger partial charge in [-0.05, 0) is 105 Å². The van der Waals surface area contributed by atoms with Crippen molar-refractivity contribution in [2.24, 2.45) is 0 Å². The lowest BCUT2D eigenvalue weighted by Gasteiger charge is -2.14. The van der Waals surface area contributed by atoms with Crippen molar-refractivity contribution in [2.45, 2.75) is 13.5 Å². The molecule has 168 valence electrons. The van der Waals surface area contributed by atoms with Crippen LogP contribution in [-0.2, 0) is 20.9 Å². The standard InChI is InChI=1S/C22H19I2NO6S/c1-3-30-19(26)11-25-21(27)18(32-22(25)28)10-14-8-16(24)20(17(9-14)29-2)31-12-13-4-6-15(23)7-5-13/h4-10H,3,11-12H2,1-2H3/b18-10+. The molecule has 0 spiro atoms. The molecule has 32 heavy (non-hydrogen) atoms. The number of thioether (sulfide) groups is 1. The van der Waals surface area contributed by atoms with Crippen molar-refractivity contribution in [1.82, 2.24) is 4.90 Å². The molecule has 0 atom stereocenters. The molecule has 1 saturated heterocycles. The summed E-state index contributed by atoms with van der Waals surface area (Å²) in [7, 11) is 1.54. The minimum absolute atomic E-state index is 0.182. The number of halogens is 2. The van der Waals surface area contributed by atoms with Gasteiger partial charge in [-0.2, -0.15) is 0 Å². The second-order valence-corrected chi connectivity index (χ2v) is 9.92. The molecule has 1 heterocycles. The number of carbonyl (C=O) groups is 3. The van der Waals surface area contributed by atoms with Crippen LogP contribution in [-0.4, -0.2) is 42.3 Å². The normalized spacial score (nSPS) is 14.8. The van der Waals surface area contributed by atoms with Gasteiger partial charge in [0, 0.05) is 3.57 Å². The Hall–Kier alpha value is -1.80. The van der Waals surface area contributed by atoms with Crippen LogP contribution < -0.4 is 9.47 Å². The summed E-state index contributed by atoms with van der Waals surface area (Å²) in [5, 5.41) is -0.506. The first-order valence-electron chi connectivity index (χ1n) is 9.48. The molecular formula is C22H19I2NO6S. The summed E-state index contributed by atoms with van der Waals surface area (Å²) in [5.41, 5.74) is 1.71. The second kappa shape index (κ2) is 11.4. The average molecular weight is 679 g/mol. The van der Waals surface area contributed by atoms with E-state index in [-0.39, 0.29) is 11.5 Å². The van der Waals surface area contributed by atoms with Gasteiger partial charge in [-0.15, -0.1) is 0 Å². The van der Waals surface area contributed by atoms with E-state index >= 15 is 0 Å². The fourth-order valence-corrected chi connectivity index (χ4v) is 4.80. The predicted molar refractivity (Wildman–Crippen MR) is 139 cm³/mol. The molecule has 0 bridgehead atoms. The molecule has 0 radical (unpaired) electrons. The van der Waals surface area contributed by atoms with Crippen molar-refractivity contribution in [3.05, 3.63) is 59.6 Å². The maximum Gasteiger partial charge on any atom is 0.326 e. The fraction of sp³-hybridized carbons (Fsp3) is 0.227. The van der Waals surface area contributed by atoms with Crippen molar-refractivity contribution in [2.75, 3.05) is 20.3 Å². The summed E-state index contributed by atoms with van der Waals surface area (Å²) in [6.07, 6.45) is 1.60. The molecule has 2 aromatic carbocycles. The minimum atomic E-state index is -0.623. The van der Waals surface area contributed by atoms with Gasteiger partial charge in [-0.1, -0.05) is 12.1 Å². The van der Waals surface area contributed by atoms with Crippen molar-refractivity contribution < 1.29 is 28.6 Å². The van der Waals surface area contributed by atoms with E-state index in [2.05, 4.69) is 45.2 Å². The molecule has 2 amide bonds. The first-order chi connectivity index (χ1) is 15.3. The lowest BCUT2D eigenvalue weighted by atomic mass is 10.1. The summed E-state index contributed by atoms with van der Waals surface area (Å²) >= 11 is 5.18. The molecule has 2 aromatic rings. The van der Waals surface area contributed by atoms with Gasteiger partial charge in [0.2, 0.25) is 0 Å². The molecule has 1 aliphatic heterocycles. The Balaban J connectivity index is 1.78. The summed E-state index contributed by atoms with van der Waals surface area (Å²) in [4.78, 5) is 37.6. The zero-order valence-electron chi connectivity index (χ0n) is 17.2. The van der Waals surface area contributed by atoms with E-state index in [9.17, 15) is 14.4 Å². The third-order valence-corrected chi connectivity index (χ3v) is 6.74. The Kier molecular flexibility index (Phi) is 8.82. The summed E-state index contributed by atoms with van der Waals surface area (Å²) in [5.74, 6) is -0.0402. The molecule has 0 N–H and O–H groups in total. The van der Waals surface area contributed by atoms with E-state index < -0.39 is 23.7 Å². The molecule has 1 fully saturated rings. The third-order valence-electron chi connectivity index (χ3n) is 4.31. The minimum Gasteiger partial charge on any atom is -0.493 e. The smallest absolute Gasteiger partial charge is 0.326 e. The molecule has 1 aliphatic rings. The monoisotopic (exact) mass is 679 g/mol. The highest BCUT2D eigenvalue weighted by Crippen LogP contribution is 2.37. The Morgan fingerprint density at radius 1 is 1.16 bits per heavy atom. The topological polar surface area (TPSA) is 82.1 Å². The number of imide groups is 1. The maximum atomic E-state index is 12.6. The number of hydrogen-bond donors (Lipinski definition) is 0. The van der Waals surface area contributed by atoms with Gasteiger partial charge >= 0.3 is 5.97 Å². The molecule has 0 saturated carbocycles. The van der Waals surface area contributed by atoms with E-state index in [0.29, 0.717) is 23.7 Å². The number of methoxy groups -OCH3 is 1. The quantitative estimate of drug-likeness (QED) is 0.219. The van der Waals surface area contributed by atoms with E-state index in [4.69, 9.17) is 14.2 Å². The summed E-state index contributed by atoms with van der Waals surface area (Å²) in [6, 6.07) is 11.6. The average Bonchev–Trinajstić information content (AvgIpc) is 3.01. The van der Waals surface area contributed by atoms with Crippen molar-refractivity contribution >= 4 is 80.1 Å². The van der Waals surface area contributed by atoms with Gasteiger partial charge in [0.05, 0.1) is 22.2 Å². The first kappa shape index (κ1) is 24.8. The van der Waals surface area contributed by atoms with Gasteiger partial charge in [-0.25, -0.2) is 0 Å². The Bertz CT molecular complexity index is 1070. The van der Waals surface area contributed by atoms with Gasteiger partial charge in [-0.3, -0.25) is 19.3 Å². The highest BCUT2D eigenvalue weighted by Gasteiger charge is 2.36. The van der Waals surface area contributed by atoms with Crippen molar-refractivity contribution in [3.8, 4) is 11.5 Å². The highest BCUT2D eigenvalue weighted by atomic mass is 127. The highest BCUT2D eigenvalue weighted by molar-refractivity contribution is 14.1. The number of nitrogens with zero attached hydrogens (tertiary/aromatic N) is 1. The lowest BCUT2D eigenvalue weighted by Crippen LogP contribution is -2.34. The zero-order valence-corrected chi connectivity index (χ0v) is 22.4. The number of hydrogen-bond acceptors (Lipinski definition) is 7. The number of rotatable bonds is 8. The predicted octanol–water partition coefficient (Wildman–Crippen LogP) is 5.08. The number of amides is 2. The summed E-state index contributed by atoms with van der Waals surface area (Å²) < 4.78 is 18.3. The summed E-state index contributed by atoms with van der Waals surface area (Å²) in [6.45, 7) is 1.83. The number of ether oxygens (including phenoxy) is 3. The van der Waals surface area contributed by atoms with E-state index in [1.54, 1.807) is 26.2 Å². The first-order valence-corrected chi connectivity index (χ1v) is 12.5. The van der Waals surface area contributed by atoms with E-state index in [1.807, 2.05) is 30.3 Å². The van der Waals surface area contributed by atoms with E-state index in [1.165, 1.54) is 0 Å². The van der Waals surface area contributed by atoms with Gasteiger partial charge in [0.1, 0.15) is 13.2 Å². The van der Waals surface area contributed by atoms with Crippen LogP contribution in [0.25, 0.3) is 6.08 Å². The SMILES string of the molecule is CCOC(=O)CN1C(=O)S/C(=C/c2cc(I)c(OCc3ccc(I)cc3)c(OC)c2)C1=O. The molecule has 0 aromatic heterocycles. The van der Waals surface area contributed by atoms with Crippen LogP contribution in [0.5, 0.6) is 11.5 Å². The lowest BCUT2D eigenvalue weighted by molar-refractivity contribution is -0.145. The van der Waals surface area contributed by atoms with E-state index in [0.717, 1.165) is 29.4 Å². The zero-order chi connectivity index (χ0) is 23.3. The van der Waals surface area contributed by atoms with Crippen LogP contribution in [0.1, 0.15) is 18.1 Å². The molecule has 7 nitrogen and oxygen atoms in total. The van der Waals surface area contributed by atoms with Crippen LogP contribution in [0.3, 0.4) is 0 Å². The Morgan fingerprint density at radius 2 is 1.88 bits per heavy atom. The molecule has 0 aliphatic carbocycles. The van der Waals surface area contributed by atoms with Crippen LogP contribution >= 0.6 is 56.9 Å². The molecule has 0 unspecified atom stereocenters. The Labute approximate surface area is 217 Å². The largest absolute Gasteiger partial charge is 0.493 e. The third kappa shape index (κ3) is 6.16. The Morgan fingerprint density at radius 3 is 2.53 bits per heavy atom. The van der Waals surface area contributed by atoms with Crippen LogP contribution in [0.2, 0.25) is 0 Å². The molecule has 10 heteroatoms. The number of benzene rings is 2. The van der Waals surface area contributed by atoms with Gasteiger partial charge in [0.25, 0.3) is 11.1 Å². The maximum absolute atomic E-state index is 12.6. The van der Waals surface area contributed by atoms with Crippen molar-refractivity contribution in [1.29, 1.82) is 0 Å². The van der Waals surface area contributed by atoms with Crippen LogP contribution in [0.15, 0.2) is 41.3 Å².